The van der Waals surface area contributed by atoms with E-state index in [1.807, 2.05) is 24.3 Å². The van der Waals surface area contributed by atoms with E-state index in [9.17, 15) is 4.39 Å². The third-order valence-electron chi connectivity index (χ3n) is 4.95. The molecule has 0 bridgehead atoms. The summed E-state index contributed by atoms with van der Waals surface area (Å²) in [7, 11) is 0. The first-order valence-electron chi connectivity index (χ1n) is 8.75. The number of rotatable bonds is 6. The van der Waals surface area contributed by atoms with Crippen LogP contribution in [0.15, 0.2) is 42.5 Å². The molecule has 0 atom stereocenters. The molecule has 1 saturated heterocycles. The zero-order valence-electron chi connectivity index (χ0n) is 14.0. The quantitative estimate of drug-likeness (QED) is 0.746. The molecule has 0 radical (unpaired) electrons. The van der Waals surface area contributed by atoms with E-state index in [1.54, 1.807) is 6.07 Å². The average Bonchev–Trinajstić information content (AvgIpc) is 2.50. The van der Waals surface area contributed by atoms with Crippen LogP contribution in [-0.2, 0) is 6.61 Å². The molecule has 1 saturated carbocycles. The van der Waals surface area contributed by atoms with Crippen LogP contribution in [0.25, 0.3) is 0 Å². The Bertz CT molecular complexity index is 744. The summed E-state index contributed by atoms with van der Waals surface area (Å²) < 4.78 is 25.5. The van der Waals surface area contributed by atoms with Crippen molar-refractivity contribution in [1.29, 1.82) is 0 Å². The van der Waals surface area contributed by atoms with Crippen molar-refractivity contribution < 1.29 is 13.9 Å². The lowest BCUT2D eigenvalue weighted by molar-refractivity contribution is -0.0320. The molecular formula is C20H21ClFNO2. The van der Waals surface area contributed by atoms with Crippen molar-refractivity contribution in [2.45, 2.75) is 38.0 Å². The van der Waals surface area contributed by atoms with Gasteiger partial charge in [-0.25, -0.2) is 4.39 Å². The van der Waals surface area contributed by atoms with Gasteiger partial charge < -0.3 is 9.47 Å². The Morgan fingerprint density at radius 3 is 2.64 bits per heavy atom. The van der Waals surface area contributed by atoms with Crippen molar-refractivity contribution >= 4 is 11.6 Å². The van der Waals surface area contributed by atoms with E-state index in [0.717, 1.165) is 24.7 Å². The highest BCUT2D eigenvalue weighted by atomic mass is 35.5. The Kier molecular flexibility index (Phi) is 4.82. The molecule has 0 unspecified atom stereocenters. The average molecular weight is 362 g/mol. The van der Waals surface area contributed by atoms with E-state index in [-0.39, 0.29) is 11.9 Å². The summed E-state index contributed by atoms with van der Waals surface area (Å²) in [6.45, 7) is 2.19. The second kappa shape index (κ2) is 7.22. The molecule has 3 nitrogen and oxygen atoms in total. The Balaban J connectivity index is 1.38. The smallest absolute Gasteiger partial charge is 0.164 e. The first kappa shape index (κ1) is 16.7. The maximum Gasteiger partial charge on any atom is 0.164 e. The van der Waals surface area contributed by atoms with Gasteiger partial charge in [-0.2, -0.15) is 0 Å². The highest BCUT2D eigenvalue weighted by molar-refractivity contribution is 6.30. The van der Waals surface area contributed by atoms with E-state index in [0.29, 0.717) is 23.1 Å². The zero-order valence-corrected chi connectivity index (χ0v) is 14.7. The molecule has 1 heterocycles. The monoisotopic (exact) mass is 361 g/mol. The summed E-state index contributed by atoms with van der Waals surface area (Å²) in [5.41, 5.74) is 0.961. The Morgan fingerprint density at radius 1 is 1.08 bits per heavy atom. The molecule has 5 heteroatoms. The lowest BCUT2D eigenvalue weighted by Gasteiger charge is -2.47. The third kappa shape index (κ3) is 3.91. The molecule has 2 fully saturated rings. The molecule has 25 heavy (non-hydrogen) atoms. The second-order valence-corrected chi connectivity index (χ2v) is 7.22. The maximum atomic E-state index is 13.6. The first-order valence-corrected chi connectivity index (χ1v) is 9.13. The molecular weight excluding hydrogens is 341 g/mol. The van der Waals surface area contributed by atoms with Gasteiger partial charge >= 0.3 is 0 Å². The lowest BCUT2D eigenvalue weighted by atomic mass is 9.89. The third-order valence-corrected chi connectivity index (χ3v) is 5.19. The minimum atomic E-state index is -0.319. The molecule has 4 rings (SSSR count). The molecule has 1 aliphatic heterocycles. The first-order chi connectivity index (χ1) is 12.2. The van der Waals surface area contributed by atoms with Gasteiger partial charge in [0.2, 0.25) is 0 Å². The molecule has 0 spiro atoms. The number of halogens is 2. The van der Waals surface area contributed by atoms with Gasteiger partial charge in [-0.15, -0.1) is 0 Å². The summed E-state index contributed by atoms with van der Waals surface area (Å²) >= 11 is 6.00. The fourth-order valence-corrected chi connectivity index (χ4v) is 3.47. The van der Waals surface area contributed by atoms with E-state index < -0.39 is 0 Å². The number of hydrogen-bond acceptors (Lipinski definition) is 3. The molecule has 2 aromatic rings. The van der Waals surface area contributed by atoms with Crippen molar-refractivity contribution in [3.63, 3.8) is 0 Å². The van der Waals surface area contributed by atoms with Gasteiger partial charge in [-0.3, -0.25) is 4.90 Å². The fourth-order valence-electron chi connectivity index (χ4n) is 3.25. The van der Waals surface area contributed by atoms with E-state index >= 15 is 0 Å². The van der Waals surface area contributed by atoms with Crippen molar-refractivity contribution in [3.05, 3.63) is 58.9 Å². The van der Waals surface area contributed by atoms with E-state index in [2.05, 4.69) is 4.90 Å². The van der Waals surface area contributed by atoms with Gasteiger partial charge in [-0.05, 0) is 42.7 Å². The largest absolute Gasteiger partial charge is 0.485 e. The topological polar surface area (TPSA) is 21.7 Å². The SMILES string of the molecule is Fc1ccc(OCc2cccc(Cl)c2)c(OC2CN(C3CCC3)C2)c1. The van der Waals surface area contributed by atoms with Crippen LogP contribution in [0.1, 0.15) is 24.8 Å². The maximum absolute atomic E-state index is 13.6. The lowest BCUT2D eigenvalue weighted by Crippen LogP contribution is -2.59. The number of nitrogens with zero attached hydrogens (tertiary/aromatic N) is 1. The highest BCUT2D eigenvalue weighted by Crippen LogP contribution is 2.34. The Hall–Kier alpha value is -1.78. The molecule has 0 amide bonds. The van der Waals surface area contributed by atoms with Gasteiger partial charge in [0.1, 0.15) is 18.5 Å². The summed E-state index contributed by atoms with van der Waals surface area (Å²) in [5.74, 6) is 0.712. The zero-order chi connectivity index (χ0) is 17.2. The van der Waals surface area contributed by atoms with Crippen LogP contribution in [0.3, 0.4) is 0 Å². The van der Waals surface area contributed by atoms with Crippen LogP contribution in [0.2, 0.25) is 5.02 Å². The molecule has 2 aliphatic rings. The minimum Gasteiger partial charge on any atom is -0.485 e. The summed E-state index contributed by atoms with van der Waals surface area (Å²) in [6, 6.07) is 12.6. The summed E-state index contributed by atoms with van der Waals surface area (Å²) in [4.78, 5) is 2.44. The van der Waals surface area contributed by atoms with Gasteiger partial charge in [0.25, 0.3) is 0 Å². The minimum absolute atomic E-state index is 0.107. The molecule has 0 aromatic heterocycles. The van der Waals surface area contributed by atoms with Crippen LogP contribution >= 0.6 is 11.6 Å². The number of likely N-dealkylation sites (tertiary alicyclic amines) is 1. The van der Waals surface area contributed by atoms with Gasteiger partial charge in [0.05, 0.1) is 0 Å². The van der Waals surface area contributed by atoms with Crippen LogP contribution in [0.5, 0.6) is 11.5 Å². The summed E-state index contributed by atoms with van der Waals surface area (Å²) in [5, 5.41) is 0.669. The molecule has 2 aromatic carbocycles. The number of hydrogen-bond donors (Lipinski definition) is 0. The number of benzene rings is 2. The van der Waals surface area contributed by atoms with Gasteiger partial charge in [0.15, 0.2) is 11.5 Å². The van der Waals surface area contributed by atoms with Crippen molar-refractivity contribution in [1.82, 2.24) is 4.90 Å². The predicted octanol–water partition coefficient (Wildman–Crippen LogP) is 4.67. The highest BCUT2D eigenvalue weighted by Gasteiger charge is 2.36. The number of ether oxygens (including phenoxy) is 2. The molecule has 132 valence electrons. The Morgan fingerprint density at radius 2 is 1.92 bits per heavy atom. The molecule has 0 N–H and O–H groups in total. The van der Waals surface area contributed by atoms with Crippen LogP contribution < -0.4 is 9.47 Å². The Labute approximate surface area is 152 Å². The van der Waals surface area contributed by atoms with Crippen LogP contribution in [0.4, 0.5) is 4.39 Å². The van der Waals surface area contributed by atoms with Crippen molar-refractivity contribution in [2.24, 2.45) is 0 Å². The van der Waals surface area contributed by atoms with Crippen molar-refractivity contribution in [2.75, 3.05) is 13.1 Å². The normalized spacial score (nSPS) is 18.5. The standard InChI is InChI=1S/C20H21ClFNO2/c21-15-4-1-3-14(9-15)13-24-19-8-7-16(22)10-20(19)25-18-11-23(12-18)17-5-2-6-17/h1,3-4,7-10,17-18H,2,5-6,11-13H2. The van der Waals surface area contributed by atoms with Crippen LogP contribution in [0, 0.1) is 5.82 Å². The van der Waals surface area contributed by atoms with Gasteiger partial charge in [0, 0.05) is 30.2 Å². The van der Waals surface area contributed by atoms with E-state index in [4.69, 9.17) is 21.1 Å². The van der Waals surface area contributed by atoms with E-state index in [1.165, 1.54) is 31.4 Å². The fraction of sp³-hybridized carbons (Fsp3) is 0.400. The van der Waals surface area contributed by atoms with Gasteiger partial charge in [-0.1, -0.05) is 30.2 Å². The van der Waals surface area contributed by atoms with Crippen LogP contribution in [-0.4, -0.2) is 30.1 Å². The van der Waals surface area contributed by atoms with Crippen molar-refractivity contribution in [3.8, 4) is 11.5 Å². The second-order valence-electron chi connectivity index (χ2n) is 6.79. The predicted molar refractivity (Wildman–Crippen MR) is 95.8 cm³/mol. The summed E-state index contributed by atoms with van der Waals surface area (Å²) in [6.07, 6.45) is 4.02. The molecule has 1 aliphatic carbocycles.